The van der Waals surface area contributed by atoms with Crippen LogP contribution in [0.4, 0.5) is 0 Å². The first-order valence-corrected chi connectivity index (χ1v) is 5.29. The summed E-state index contributed by atoms with van der Waals surface area (Å²) in [4.78, 5) is 0. The largest absolute Gasteiger partial charge is 0.0625 e. The number of rotatable bonds is 1. The van der Waals surface area contributed by atoms with Crippen molar-refractivity contribution in [2.75, 3.05) is 0 Å². The van der Waals surface area contributed by atoms with Crippen LogP contribution < -0.4 is 0 Å². The SMILES string of the molecule is CC(C)C1CCC(C)(C)C1(C)C. The van der Waals surface area contributed by atoms with E-state index in [1.165, 1.54) is 12.8 Å². The molecule has 0 aromatic heterocycles. The summed E-state index contributed by atoms with van der Waals surface area (Å²) in [6.45, 7) is 14.5. The zero-order valence-corrected chi connectivity index (χ0v) is 9.57. The number of hydrogen-bond donors (Lipinski definition) is 0. The number of hydrogen-bond acceptors (Lipinski definition) is 0. The minimum atomic E-state index is 0.529. The van der Waals surface area contributed by atoms with E-state index in [1.807, 2.05) is 0 Å². The second-order valence-electron chi connectivity index (χ2n) is 5.99. The van der Waals surface area contributed by atoms with E-state index < -0.39 is 0 Å². The van der Waals surface area contributed by atoms with Gasteiger partial charge in [0.2, 0.25) is 0 Å². The molecule has 1 saturated carbocycles. The van der Waals surface area contributed by atoms with Crippen molar-refractivity contribution < 1.29 is 0 Å². The highest BCUT2D eigenvalue weighted by Gasteiger charge is 2.48. The summed E-state index contributed by atoms with van der Waals surface area (Å²) in [6, 6.07) is 0. The van der Waals surface area contributed by atoms with Crippen LogP contribution in [0.2, 0.25) is 0 Å². The van der Waals surface area contributed by atoms with Crippen molar-refractivity contribution >= 4 is 0 Å². The van der Waals surface area contributed by atoms with Crippen molar-refractivity contribution in [3.8, 4) is 0 Å². The summed E-state index contributed by atoms with van der Waals surface area (Å²) in [5.74, 6) is 1.77. The normalized spacial score (nSPS) is 32.8. The summed E-state index contributed by atoms with van der Waals surface area (Å²) in [5, 5.41) is 0. The van der Waals surface area contributed by atoms with Gasteiger partial charge in [-0.2, -0.15) is 0 Å². The van der Waals surface area contributed by atoms with E-state index in [4.69, 9.17) is 0 Å². The van der Waals surface area contributed by atoms with Gasteiger partial charge < -0.3 is 0 Å². The summed E-state index contributed by atoms with van der Waals surface area (Å²) < 4.78 is 0. The first-order chi connectivity index (χ1) is 5.29. The van der Waals surface area contributed by atoms with Crippen LogP contribution in [0, 0.1) is 22.7 Å². The Morgan fingerprint density at radius 1 is 1.08 bits per heavy atom. The Labute approximate surface area is 77.7 Å². The van der Waals surface area contributed by atoms with Gasteiger partial charge >= 0.3 is 0 Å². The van der Waals surface area contributed by atoms with Gasteiger partial charge in [0, 0.05) is 0 Å². The molecule has 0 aromatic carbocycles. The highest BCUT2D eigenvalue weighted by Crippen LogP contribution is 2.57. The summed E-state index contributed by atoms with van der Waals surface area (Å²) in [7, 11) is 0. The molecule has 1 fully saturated rings. The Kier molecular flexibility index (Phi) is 2.31. The third kappa shape index (κ3) is 1.30. The van der Waals surface area contributed by atoms with E-state index >= 15 is 0 Å². The monoisotopic (exact) mass is 168 g/mol. The van der Waals surface area contributed by atoms with Crippen molar-refractivity contribution in [1.29, 1.82) is 0 Å². The molecule has 0 aromatic rings. The fraction of sp³-hybridized carbons (Fsp3) is 1.00. The van der Waals surface area contributed by atoms with Gasteiger partial charge in [0.1, 0.15) is 0 Å². The van der Waals surface area contributed by atoms with Crippen LogP contribution in [-0.4, -0.2) is 0 Å². The first-order valence-electron chi connectivity index (χ1n) is 5.29. The first kappa shape index (κ1) is 10.1. The standard InChI is InChI=1S/C12H24/c1-9(2)10-7-8-11(3,4)12(10,5)6/h9-10H,7-8H2,1-6H3. The molecule has 0 amide bonds. The van der Waals surface area contributed by atoms with Gasteiger partial charge in [-0.3, -0.25) is 0 Å². The maximum absolute atomic E-state index is 2.45. The van der Waals surface area contributed by atoms with Crippen molar-refractivity contribution in [3.05, 3.63) is 0 Å². The highest BCUT2D eigenvalue weighted by atomic mass is 14.5. The minimum absolute atomic E-state index is 0.529. The highest BCUT2D eigenvalue weighted by molar-refractivity contribution is 4.98. The lowest BCUT2D eigenvalue weighted by atomic mass is 9.64. The van der Waals surface area contributed by atoms with Crippen molar-refractivity contribution in [2.45, 2.75) is 54.4 Å². The van der Waals surface area contributed by atoms with Gasteiger partial charge in [0.05, 0.1) is 0 Å². The Bertz CT molecular complexity index is 163. The average Bonchev–Trinajstić information content (AvgIpc) is 2.03. The molecule has 0 nitrogen and oxygen atoms in total. The predicted octanol–water partition coefficient (Wildman–Crippen LogP) is 4.10. The molecule has 0 spiro atoms. The molecule has 1 atom stereocenters. The van der Waals surface area contributed by atoms with E-state index in [1.54, 1.807) is 0 Å². The van der Waals surface area contributed by atoms with E-state index in [9.17, 15) is 0 Å². The van der Waals surface area contributed by atoms with Crippen molar-refractivity contribution in [3.63, 3.8) is 0 Å². The third-order valence-corrected chi connectivity index (χ3v) is 4.56. The lowest BCUT2D eigenvalue weighted by Gasteiger charge is -2.40. The van der Waals surface area contributed by atoms with Crippen LogP contribution >= 0.6 is 0 Å². The summed E-state index contributed by atoms with van der Waals surface area (Å²) in [5.41, 5.74) is 1.07. The molecule has 0 heteroatoms. The van der Waals surface area contributed by atoms with E-state index in [-0.39, 0.29) is 0 Å². The molecule has 0 heterocycles. The third-order valence-electron chi connectivity index (χ3n) is 4.56. The van der Waals surface area contributed by atoms with Gasteiger partial charge in [0.25, 0.3) is 0 Å². The molecule has 1 aliphatic rings. The van der Waals surface area contributed by atoms with Gasteiger partial charge in [-0.25, -0.2) is 0 Å². The van der Waals surface area contributed by atoms with Crippen LogP contribution in [0.1, 0.15) is 54.4 Å². The van der Waals surface area contributed by atoms with Crippen LogP contribution in [0.15, 0.2) is 0 Å². The molecule has 0 N–H and O–H groups in total. The lowest BCUT2D eigenvalue weighted by Crippen LogP contribution is -2.33. The predicted molar refractivity (Wildman–Crippen MR) is 55.1 cm³/mol. The van der Waals surface area contributed by atoms with Crippen LogP contribution in [0.25, 0.3) is 0 Å². The molecule has 0 radical (unpaired) electrons. The average molecular weight is 168 g/mol. The molecule has 1 aliphatic carbocycles. The lowest BCUT2D eigenvalue weighted by molar-refractivity contribution is 0.0827. The molecule has 12 heavy (non-hydrogen) atoms. The van der Waals surface area contributed by atoms with Gasteiger partial charge in [0.15, 0.2) is 0 Å². The van der Waals surface area contributed by atoms with Crippen LogP contribution in [0.5, 0.6) is 0 Å². The fourth-order valence-electron chi connectivity index (χ4n) is 2.87. The van der Waals surface area contributed by atoms with E-state index in [0.717, 1.165) is 11.8 Å². The Hall–Kier alpha value is 0. The van der Waals surface area contributed by atoms with Gasteiger partial charge in [-0.1, -0.05) is 41.5 Å². The fourth-order valence-corrected chi connectivity index (χ4v) is 2.87. The van der Waals surface area contributed by atoms with Gasteiger partial charge in [-0.05, 0) is 35.5 Å². The van der Waals surface area contributed by atoms with Gasteiger partial charge in [-0.15, -0.1) is 0 Å². The molecule has 0 aliphatic heterocycles. The Morgan fingerprint density at radius 2 is 1.58 bits per heavy atom. The molecule has 0 saturated heterocycles. The topological polar surface area (TPSA) is 0 Å². The molecule has 0 bridgehead atoms. The van der Waals surface area contributed by atoms with Crippen molar-refractivity contribution in [1.82, 2.24) is 0 Å². The zero-order chi connectivity index (χ0) is 9.57. The Morgan fingerprint density at radius 3 is 1.75 bits per heavy atom. The second kappa shape index (κ2) is 2.75. The smallest absolute Gasteiger partial charge is 0.0272 e. The van der Waals surface area contributed by atoms with E-state index in [0.29, 0.717) is 10.8 Å². The molecular formula is C12H24. The molecule has 1 unspecified atom stereocenters. The molecule has 1 rings (SSSR count). The van der Waals surface area contributed by atoms with Crippen LogP contribution in [-0.2, 0) is 0 Å². The quantitative estimate of drug-likeness (QED) is 0.553. The van der Waals surface area contributed by atoms with Crippen LogP contribution in [0.3, 0.4) is 0 Å². The maximum Gasteiger partial charge on any atom is -0.0272 e. The zero-order valence-electron chi connectivity index (χ0n) is 9.57. The summed E-state index contributed by atoms with van der Waals surface area (Å²) in [6.07, 6.45) is 2.83. The molecular weight excluding hydrogens is 144 g/mol. The maximum atomic E-state index is 2.45. The summed E-state index contributed by atoms with van der Waals surface area (Å²) >= 11 is 0. The minimum Gasteiger partial charge on any atom is -0.0625 e. The Balaban J connectivity index is 2.85. The molecule has 72 valence electrons. The van der Waals surface area contributed by atoms with Crippen molar-refractivity contribution in [2.24, 2.45) is 22.7 Å². The van der Waals surface area contributed by atoms with E-state index in [2.05, 4.69) is 41.5 Å². The second-order valence-corrected chi connectivity index (χ2v) is 5.99.